The molecule has 0 fully saturated rings. The molecule has 0 saturated carbocycles. The van der Waals surface area contributed by atoms with E-state index in [-0.39, 0.29) is 11.3 Å². The fraction of sp³-hybridized carbons (Fsp3) is 0.235. The maximum atomic E-state index is 12.4. The van der Waals surface area contributed by atoms with Crippen molar-refractivity contribution in [3.05, 3.63) is 42.5 Å². The summed E-state index contributed by atoms with van der Waals surface area (Å²) in [6.45, 7) is -1.42. The number of anilines is 3. The maximum absolute atomic E-state index is 12.4. The summed E-state index contributed by atoms with van der Waals surface area (Å²) in [6.07, 6.45) is -0.142. The molecule has 0 bridgehead atoms. The molecule has 0 saturated heterocycles. The molecule has 0 aliphatic rings. The molecule has 3 aromatic rings. The van der Waals surface area contributed by atoms with E-state index in [1.54, 1.807) is 6.07 Å². The molecule has 12 heteroatoms. The maximum Gasteiger partial charge on any atom is 0.405 e. The summed E-state index contributed by atoms with van der Waals surface area (Å²) in [5.74, 6) is 0.362. The fourth-order valence-electron chi connectivity index (χ4n) is 2.27. The van der Waals surface area contributed by atoms with Crippen molar-refractivity contribution >= 4 is 34.0 Å². The molecular formula is C17H16F3N7OS. The first kappa shape index (κ1) is 20.5. The molecule has 0 radical (unpaired) electrons. The van der Waals surface area contributed by atoms with Crippen LogP contribution in [0.25, 0.3) is 10.6 Å². The van der Waals surface area contributed by atoms with Gasteiger partial charge in [-0.15, -0.1) is 0 Å². The van der Waals surface area contributed by atoms with Crippen molar-refractivity contribution in [2.45, 2.75) is 6.18 Å². The topological polar surface area (TPSA) is 95.9 Å². The molecule has 0 atom stereocenters. The van der Waals surface area contributed by atoms with E-state index >= 15 is 0 Å². The lowest BCUT2D eigenvalue weighted by Crippen LogP contribution is -2.34. The Morgan fingerprint density at radius 1 is 1.21 bits per heavy atom. The number of pyridine rings is 1. The number of halogens is 3. The van der Waals surface area contributed by atoms with E-state index in [1.807, 2.05) is 24.3 Å². The first-order valence-electron chi connectivity index (χ1n) is 8.25. The molecule has 0 aromatic carbocycles. The van der Waals surface area contributed by atoms with Gasteiger partial charge in [0, 0.05) is 32.6 Å². The molecule has 3 heterocycles. The van der Waals surface area contributed by atoms with E-state index < -0.39 is 18.6 Å². The van der Waals surface area contributed by atoms with Crippen LogP contribution < -0.4 is 15.5 Å². The highest BCUT2D eigenvalue weighted by Gasteiger charge is 2.28. The lowest BCUT2D eigenvalue weighted by molar-refractivity contribution is -0.123. The van der Waals surface area contributed by atoms with Crippen molar-refractivity contribution in [3.63, 3.8) is 0 Å². The van der Waals surface area contributed by atoms with Crippen LogP contribution in [0.3, 0.4) is 0 Å². The van der Waals surface area contributed by atoms with Gasteiger partial charge < -0.3 is 15.5 Å². The predicted octanol–water partition coefficient (Wildman–Crippen LogP) is 3.10. The average molecular weight is 423 g/mol. The highest BCUT2D eigenvalue weighted by atomic mass is 32.1. The van der Waals surface area contributed by atoms with Gasteiger partial charge in [0.2, 0.25) is 0 Å². The normalized spacial score (nSPS) is 11.2. The number of amides is 1. The first-order chi connectivity index (χ1) is 13.7. The van der Waals surface area contributed by atoms with Crippen molar-refractivity contribution < 1.29 is 18.0 Å². The SMILES string of the molecule is CN(C)c1cc(Nc2ncc(-c3ncccc3C(=O)NCC(F)(F)F)s2)ncn1. The molecule has 2 N–H and O–H groups in total. The number of nitrogens with zero attached hydrogens (tertiary/aromatic N) is 5. The number of alkyl halides is 3. The molecule has 29 heavy (non-hydrogen) atoms. The number of thiazole rings is 1. The Morgan fingerprint density at radius 3 is 2.72 bits per heavy atom. The first-order valence-corrected chi connectivity index (χ1v) is 9.07. The standard InChI is InChI=1S/C17H16F3N7OS/c1-27(2)13-6-12(24-9-25-13)26-16-22-7-11(29-16)14-10(4-3-5-21-14)15(28)23-8-17(18,19)20/h3-7,9H,8H2,1-2H3,(H,23,28)(H,22,24,25,26). The Labute approximate surface area is 167 Å². The van der Waals surface area contributed by atoms with Crippen LogP contribution in [-0.2, 0) is 0 Å². The van der Waals surface area contributed by atoms with Gasteiger partial charge in [-0.1, -0.05) is 11.3 Å². The molecule has 1 amide bonds. The summed E-state index contributed by atoms with van der Waals surface area (Å²) in [7, 11) is 3.69. The van der Waals surface area contributed by atoms with Crippen LogP contribution in [0.4, 0.5) is 29.9 Å². The zero-order valence-electron chi connectivity index (χ0n) is 15.4. The predicted molar refractivity (Wildman–Crippen MR) is 103 cm³/mol. The molecular weight excluding hydrogens is 407 g/mol. The third-order valence-electron chi connectivity index (χ3n) is 3.59. The third kappa shape index (κ3) is 5.38. The van der Waals surface area contributed by atoms with Crippen molar-refractivity contribution in [3.8, 4) is 10.6 Å². The number of aromatic nitrogens is 4. The van der Waals surface area contributed by atoms with E-state index in [1.165, 1.54) is 42.2 Å². The Kier molecular flexibility index (Phi) is 5.92. The lowest BCUT2D eigenvalue weighted by Gasteiger charge is -2.11. The Morgan fingerprint density at radius 2 is 2.00 bits per heavy atom. The number of hydrogen-bond donors (Lipinski definition) is 2. The minimum atomic E-state index is -4.50. The van der Waals surface area contributed by atoms with Gasteiger partial charge in [-0.2, -0.15) is 13.2 Å². The van der Waals surface area contributed by atoms with Crippen molar-refractivity contribution in [2.75, 3.05) is 30.9 Å². The van der Waals surface area contributed by atoms with Gasteiger partial charge >= 0.3 is 6.18 Å². The van der Waals surface area contributed by atoms with Crippen molar-refractivity contribution in [1.29, 1.82) is 0 Å². The molecule has 0 aliphatic carbocycles. The molecule has 0 aliphatic heterocycles. The quantitative estimate of drug-likeness (QED) is 0.629. The molecule has 8 nitrogen and oxygen atoms in total. The van der Waals surface area contributed by atoms with Crippen molar-refractivity contribution in [1.82, 2.24) is 25.3 Å². The number of carbonyl (C=O) groups excluding carboxylic acids is 1. The van der Waals surface area contributed by atoms with Gasteiger partial charge in [0.25, 0.3) is 5.91 Å². The molecule has 3 rings (SSSR count). The minimum absolute atomic E-state index is 0.0314. The lowest BCUT2D eigenvalue weighted by atomic mass is 10.1. The summed E-state index contributed by atoms with van der Waals surface area (Å²) in [4.78, 5) is 31.1. The van der Waals surface area contributed by atoms with E-state index in [9.17, 15) is 18.0 Å². The van der Waals surface area contributed by atoms with Crippen LogP contribution in [0.5, 0.6) is 0 Å². The zero-order valence-corrected chi connectivity index (χ0v) is 16.2. The second kappa shape index (κ2) is 8.39. The summed E-state index contributed by atoms with van der Waals surface area (Å²) < 4.78 is 37.2. The van der Waals surface area contributed by atoms with Crippen LogP contribution in [0.2, 0.25) is 0 Å². The Balaban J connectivity index is 1.80. The van der Waals surface area contributed by atoms with Crippen LogP contribution >= 0.6 is 11.3 Å². The number of hydrogen-bond acceptors (Lipinski definition) is 8. The van der Waals surface area contributed by atoms with Crippen LogP contribution in [-0.4, -0.2) is 52.7 Å². The summed E-state index contributed by atoms with van der Waals surface area (Å²) in [6, 6.07) is 4.63. The van der Waals surface area contributed by atoms with Crippen LogP contribution in [0.1, 0.15) is 10.4 Å². The Bertz CT molecular complexity index is 1010. The second-order valence-corrected chi connectivity index (χ2v) is 7.04. The fourth-order valence-corrected chi connectivity index (χ4v) is 3.11. The van der Waals surface area contributed by atoms with Gasteiger partial charge in [0.1, 0.15) is 24.5 Å². The highest BCUT2D eigenvalue weighted by Crippen LogP contribution is 2.31. The van der Waals surface area contributed by atoms with E-state index in [4.69, 9.17) is 0 Å². The molecule has 3 aromatic heterocycles. The van der Waals surface area contributed by atoms with Gasteiger partial charge in [-0.05, 0) is 12.1 Å². The average Bonchev–Trinajstić information content (AvgIpc) is 3.14. The summed E-state index contributed by atoms with van der Waals surface area (Å²) in [5, 5.41) is 5.37. The zero-order chi connectivity index (χ0) is 21.0. The molecule has 152 valence electrons. The highest BCUT2D eigenvalue weighted by molar-refractivity contribution is 7.18. The van der Waals surface area contributed by atoms with Gasteiger partial charge in [-0.3, -0.25) is 9.78 Å². The number of carbonyl (C=O) groups is 1. The Hall–Kier alpha value is -3.28. The minimum Gasteiger partial charge on any atom is -0.363 e. The number of nitrogens with one attached hydrogen (secondary N) is 2. The smallest absolute Gasteiger partial charge is 0.363 e. The summed E-state index contributed by atoms with van der Waals surface area (Å²) >= 11 is 1.19. The van der Waals surface area contributed by atoms with Gasteiger partial charge in [0.15, 0.2) is 5.13 Å². The van der Waals surface area contributed by atoms with E-state index in [0.717, 1.165) is 0 Å². The monoisotopic (exact) mass is 423 g/mol. The van der Waals surface area contributed by atoms with Crippen molar-refractivity contribution in [2.24, 2.45) is 0 Å². The number of rotatable bonds is 6. The van der Waals surface area contributed by atoms with Crippen LogP contribution in [0, 0.1) is 0 Å². The summed E-state index contributed by atoms with van der Waals surface area (Å²) in [5.41, 5.74) is 0.276. The third-order valence-corrected chi connectivity index (χ3v) is 4.51. The van der Waals surface area contributed by atoms with E-state index in [2.05, 4.69) is 25.3 Å². The van der Waals surface area contributed by atoms with Gasteiger partial charge in [-0.25, -0.2) is 15.0 Å². The van der Waals surface area contributed by atoms with Gasteiger partial charge in [0.05, 0.1) is 16.1 Å². The second-order valence-electron chi connectivity index (χ2n) is 6.01. The van der Waals surface area contributed by atoms with Crippen LogP contribution in [0.15, 0.2) is 36.9 Å². The largest absolute Gasteiger partial charge is 0.405 e. The molecule has 0 spiro atoms. The van der Waals surface area contributed by atoms with E-state index in [0.29, 0.717) is 21.6 Å². The molecule has 0 unspecified atom stereocenters.